The van der Waals surface area contributed by atoms with Crippen LogP contribution in [0, 0.1) is 0 Å². The summed E-state index contributed by atoms with van der Waals surface area (Å²) < 4.78 is 7.95. The van der Waals surface area contributed by atoms with Crippen LogP contribution in [0.15, 0.2) is 59.1 Å². The van der Waals surface area contributed by atoms with E-state index in [2.05, 4.69) is 36.8 Å². The second kappa shape index (κ2) is 7.89. The highest BCUT2D eigenvalue weighted by atomic mass is 79.9. The van der Waals surface area contributed by atoms with Gasteiger partial charge in [-0.05, 0) is 47.7 Å². The van der Waals surface area contributed by atoms with E-state index in [-0.39, 0.29) is 18.6 Å². The van der Waals surface area contributed by atoms with E-state index in [1.165, 1.54) is 0 Å². The van der Waals surface area contributed by atoms with Crippen LogP contribution in [0.5, 0.6) is 5.75 Å². The van der Waals surface area contributed by atoms with E-state index >= 15 is 0 Å². The van der Waals surface area contributed by atoms with E-state index in [0.29, 0.717) is 11.6 Å². The summed E-state index contributed by atoms with van der Waals surface area (Å²) >= 11 is 3.42. The van der Waals surface area contributed by atoms with Crippen LogP contribution in [-0.2, 0) is 4.79 Å². The molecule has 3 rings (SSSR count). The van der Waals surface area contributed by atoms with Gasteiger partial charge in [0.2, 0.25) is 0 Å². The zero-order chi connectivity index (χ0) is 17.6. The van der Waals surface area contributed by atoms with Crippen LogP contribution in [0.4, 0.5) is 0 Å². The number of ether oxygens (including phenoxy) is 1. The lowest BCUT2D eigenvalue weighted by molar-refractivity contribution is -0.123. The normalized spacial score (nSPS) is 11.8. The molecule has 7 nitrogen and oxygen atoms in total. The molecule has 1 unspecified atom stereocenters. The molecule has 0 aliphatic heterocycles. The Hall–Kier alpha value is -2.74. The van der Waals surface area contributed by atoms with E-state index in [4.69, 9.17) is 4.74 Å². The summed E-state index contributed by atoms with van der Waals surface area (Å²) in [5.41, 5.74) is 0.802. The van der Waals surface area contributed by atoms with Gasteiger partial charge >= 0.3 is 0 Å². The lowest BCUT2D eigenvalue weighted by atomic mass is 10.2. The Morgan fingerprint density at radius 3 is 2.80 bits per heavy atom. The van der Waals surface area contributed by atoms with Gasteiger partial charge in [-0.15, -0.1) is 5.10 Å². The van der Waals surface area contributed by atoms with Crippen molar-refractivity contribution in [3.8, 4) is 11.4 Å². The molecule has 0 bridgehead atoms. The molecule has 1 atom stereocenters. The quantitative estimate of drug-likeness (QED) is 0.686. The minimum Gasteiger partial charge on any atom is -0.484 e. The maximum absolute atomic E-state index is 12.1. The van der Waals surface area contributed by atoms with Gasteiger partial charge in [0.1, 0.15) is 5.75 Å². The molecule has 1 amide bonds. The zero-order valence-electron chi connectivity index (χ0n) is 13.5. The zero-order valence-corrected chi connectivity index (χ0v) is 15.0. The summed E-state index contributed by atoms with van der Waals surface area (Å²) in [6.07, 6.45) is 0. The fourth-order valence-electron chi connectivity index (χ4n) is 2.27. The van der Waals surface area contributed by atoms with Crippen molar-refractivity contribution in [2.24, 2.45) is 0 Å². The average Bonchev–Trinajstić information content (AvgIpc) is 3.11. The number of hydrogen-bond acceptors (Lipinski definition) is 5. The van der Waals surface area contributed by atoms with Gasteiger partial charge in [0, 0.05) is 4.47 Å². The number of amides is 1. The molecule has 0 aliphatic rings. The van der Waals surface area contributed by atoms with Crippen molar-refractivity contribution in [2.45, 2.75) is 13.0 Å². The molecule has 1 N–H and O–H groups in total. The van der Waals surface area contributed by atoms with Crippen molar-refractivity contribution < 1.29 is 9.53 Å². The maximum atomic E-state index is 12.1. The van der Waals surface area contributed by atoms with Crippen LogP contribution in [0.2, 0.25) is 0 Å². The number of nitrogens with zero attached hydrogens (tertiary/aromatic N) is 4. The first-order valence-electron chi connectivity index (χ1n) is 7.65. The maximum Gasteiger partial charge on any atom is 0.258 e. The second-order valence-corrected chi connectivity index (χ2v) is 6.24. The Kier molecular flexibility index (Phi) is 5.39. The van der Waals surface area contributed by atoms with Crippen molar-refractivity contribution in [1.29, 1.82) is 0 Å². The molecule has 0 fully saturated rings. The van der Waals surface area contributed by atoms with Gasteiger partial charge in [-0.2, -0.15) is 4.68 Å². The summed E-state index contributed by atoms with van der Waals surface area (Å²) in [6.45, 7) is 1.74. The van der Waals surface area contributed by atoms with Crippen LogP contribution in [-0.4, -0.2) is 32.7 Å². The average molecular weight is 402 g/mol. The van der Waals surface area contributed by atoms with E-state index in [1.807, 2.05) is 49.4 Å². The SMILES string of the molecule is CC(NC(=O)COc1ccccc1)c1nnnn1-c1cccc(Br)c1. The Morgan fingerprint density at radius 2 is 2.04 bits per heavy atom. The summed E-state index contributed by atoms with van der Waals surface area (Å²) in [4.78, 5) is 12.1. The highest BCUT2D eigenvalue weighted by Gasteiger charge is 2.18. The summed E-state index contributed by atoms with van der Waals surface area (Å²) in [5.74, 6) is 0.926. The fourth-order valence-corrected chi connectivity index (χ4v) is 2.66. The molecule has 0 saturated carbocycles. The van der Waals surface area contributed by atoms with E-state index in [9.17, 15) is 4.79 Å². The Bertz CT molecular complexity index is 853. The van der Waals surface area contributed by atoms with E-state index < -0.39 is 0 Å². The van der Waals surface area contributed by atoms with Gasteiger partial charge in [-0.1, -0.05) is 40.2 Å². The number of carbonyl (C=O) groups is 1. The minimum absolute atomic E-state index is 0.0766. The van der Waals surface area contributed by atoms with Gasteiger partial charge in [0.25, 0.3) is 5.91 Å². The lowest BCUT2D eigenvalue weighted by Crippen LogP contribution is -2.32. The van der Waals surface area contributed by atoms with Crippen molar-refractivity contribution in [3.05, 3.63) is 64.9 Å². The third-order valence-corrected chi connectivity index (χ3v) is 3.92. The topological polar surface area (TPSA) is 81.9 Å². The summed E-state index contributed by atoms with van der Waals surface area (Å²) in [7, 11) is 0. The number of aromatic nitrogens is 4. The van der Waals surface area contributed by atoms with Crippen LogP contribution in [0.25, 0.3) is 5.69 Å². The highest BCUT2D eigenvalue weighted by molar-refractivity contribution is 9.10. The predicted molar refractivity (Wildman–Crippen MR) is 95.3 cm³/mol. The molecular weight excluding hydrogens is 386 g/mol. The molecular formula is C17H16BrN5O2. The first-order valence-corrected chi connectivity index (χ1v) is 8.44. The van der Waals surface area contributed by atoms with Crippen molar-refractivity contribution in [2.75, 3.05) is 6.61 Å². The number of tetrazole rings is 1. The van der Waals surface area contributed by atoms with Gasteiger partial charge in [0.05, 0.1) is 11.7 Å². The third kappa shape index (κ3) is 4.42. The predicted octanol–water partition coefficient (Wildman–Crippen LogP) is 2.68. The summed E-state index contributed by atoms with van der Waals surface area (Å²) in [6, 6.07) is 16.4. The van der Waals surface area contributed by atoms with Crippen molar-refractivity contribution in [1.82, 2.24) is 25.5 Å². The van der Waals surface area contributed by atoms with Gasteiger partial charge in [-0.25, -0.2) is 0 Å². The second-order valence-electron chi connectivity index (χ2n) is 5.32. The summed E-state index contributed by atoms with van der Waals surface area (Å²) in [5, 5.41) is 14.6. The Labute approximate surface area is 153 Å². The Morgan fingerprint density at radius 1 is 1.24 bits per heavy atom. The third-order valence-electron chi connectivity index (χ3n) is 3.42. The number of para-hydroxylation sites is 1. The smallest absolute Gasteiger partial charge is 0.258 e. The number of benzene rings is 2. The molecule has 1 heterocycles. The number of hydrogen-bond donors (Lipinski definition) is 1. The number of rotatable bonds is 6. The molecule has 1 aromatic heterocycles. The van der Waals surface area contributed by atoms with E-state index in [1.54, 1.807) is 16.8 Å². The van der Waals surface area contributed by atoms with Crippen LogP contribution in [0.3, 0.4) is 0 Å². The highest BCUT2D eigenvalue weighted by Crippen LogP contribution is 2.18. The van der Waals surface area contributed by atoms with Crippen LogP contribution in [0.1, 0.15) is 18.8 Å². The van der Waals surface area contributed by atoms with Gasteiger partial charge in [0.15, 0.2) is 12.4 Å². The molecule has 0 spiro atoms. The van der Waals surface area contributed by atoms with E-state index in [0.717, 1.165) is 10.2 Å². The van der Waals surface area contributed by atoms with Crippen LogP contribution >= 0.6 is 15.9 Å². The number of carbonyl (C=O) groups excluding carboxylic acids is 1. The van der Waals surface area contributed by atoms with Crippen LogP contribution < -0.4 is 10.1 Å². The molecule has 3 aromatic rings. The molecule has 25 heavy (non-hydrogen) atoms. The molecule has 0 aliphatic carbocycles. The molecule has 2 aromatic carbocycles. The number of halogens is 1. The standard InChI is InChI=1S/C17H16BrN5O2/c1-12(19-16(24)11-25-15-8-3-2-4-9-15)17-20-21-22-23(17)14-7-5-6-13(18)10-14/h2-10,12H,11H2,1H3,(H,19,24). The molecule has 0 saturated heterocycles. The minimum atomic E-state index is -0.374. The fraction of sp³-hybridized carbons (Fsp3) is 0.176. The first kappa shape index (κ1) is 17.1. The number of nitrogens with one attached hydrogen (secondary N) is 1. The lowest BCUT2D eigenvalue weighted by Gasteiger charge is -2.14. The van der Waals surface area contributed by atoms with Gasteiger partial charge in [-0.3, -0.25) is 4.79 Å². The van der Waals surface area contributed by atoms with Crippen molar-refractivity contribution in [3.63, 3.8) is 0 Å². The largest absolute Gasteiger partial charge is 0.484 e. The monoisotopic (exact) mass is 401 g/mol. The van der Waals surface area contributed by atoms with Crippen molar-refractivity contribution >= 4 is 21.8 Å². The van der Waals surface area contributed by atoms with Gasteiger partial charge < -0.3 is 10.1 Å². The molecule has 8 heteroatoms. The molecule has 0 radical (unpaired) electrons. The first-order chi connectivity index (χ1) is 12.1. The molecule has 128 valence electrons. The Balaban J connectivity index is 1.65.